The van der Waals surface area contributed by atoms with E-state index in [9.17, 15) is 4.39 Å². The largest absolute Gasteiger partial charge is 0.481 e. The first kappa shape index (κ1) is 22.5. The van der Waals surface area contributed by atoms with Crippen LogP contribution in [0.2, 0.25) is 0 Å². The van der Waals surface area contributed by atoms with Crippen molar-refractivity contribution in [2.45, 2.75) is 45.6 Å². The molecule has 164 valence electrons. The molecule has 0 bridgehead atoms. The lowest BCUT2D eigenvalue weighted by Gasteiger charge is -2.35. The molecule has 1 unspecified atom stereocenters. The number of hydrogen-bond acceptors (Lipinski definition) is 5. The molecule has 2 N–H and O–H groups in total. The lowest BCUT2D eigenvalue weighted by atomic mass is 9.96. The van der Waals surface area contributed by atoms with Gasteiger partial charge in [0.1, 0.15) is 17.7 Å². The Kier molecular flexibility index (Phi) is 7.76. The van der Waals surface area contributed by atoms with Gasteiger partial charge in [-0.1, -0.05) is 38.0 Å². The van der Waals surface area contributed by atoms with Crippen LogP contribution in [0, 0.1) is 5.41 Å². The van der Waals surface area contributed by atoms with Crippen molar-refractivity contribution >= 4 is 11.5 Å². The van der Waals surface area contributed by atoms with Crippen molar-refractivity contribution in [1.82, 2.24) is 15.0 Å². The second kappa shape index (κ2) is 10.7. The van der Waals surface area contributed by atoms with E-state index in [1.165, 1.54) is 6.08 Å². The van der Waals surface area contributed by atoms with E-state index in [0.29, 0.717) is 23.8 Å². The van der Waals surface area contributed by atoms with Crippen LogP contribution in [-0.4, -0.2) is 34.3 Å². The molecule has 0 aromatic carbocycles. The summed E-state index contributed by atoms with van der Waals surface area (Å²) < 4.78 is 19.8. The highest BCUT2D eigenvalue weighted by atomic mass is 19.1. The third-order valence-electron chi connectivity index (χ3n) is 5.28. The molecule has 1 aliphatic heterocycles. The Morgan fingerprint density at radius 2 is 2.26 bits per heavy atom. The molecule has 0 radical (unpaired) electrons. The molecule has 0 fully saturated rings. The van der Waals surface area contributed by atoms with E-state index in [4.69, 9.17) is 10.1 Å². The number of imidazole rings is 1. The standard InChI is InChI=1S/C24H30FN5O/c1-4-5-6-7-8-10-18(25)17(2)15-19(26)24-23-20(27-16-28-23)13-14-30(24)21-11-9-12-22(29-21)31-3/h7-12,15-16,24,26H,4-6,13-14H2,1-3H3,(H,27,28)/b8-7-,17-15+,18-10+,26-19?. The summed E-state index contributed by atoms with van der Waals surface area (Å²) in [6.45, 7) is 4.47. The topological polar surface area (TPSA) is 77.9 Å². The highest BCUT2D eigenvalue weighted by molar-refractivity contribution is 6.00. The Labute approximate surface area is 183 Å². The highest BCUT2D eigenvalue weighted by Crippen LogP contribution is 2.33. The Morgan fingerprint density at radius 1 is 1.42 bits per heavy atom. The van der Waals surface area contributed by atoms with Crippen molar-refractivity contribution in [3.05, 3.63) is 71.6 Å². The molecular weight excluding hydrogens is 393 g/mol. The zero-order valence-electron chi connectivity index (χ0n) is 18.4. The van der Waals surface area contributed by atoms with Crippen LogP contribution in [0.5, 0.6) is 5.88 Å². The highest BCUT2D eigenvalue weighted by Gasteiger charge is 2.33. The van der Waals surface area contributed by atoms with Gasteiger partial charge < -0.3 is 20.0 Å². The SMILES string of the molecule is CCCC\C=C/C=C(F)\C(C)=C\C(=N)C1c2nc[nH]c2CCN1c1cccc(OC)n1. The molecule has 0 aliphatic carbocycles. The molecule has 3 heterocycles. The second-order valence-electron chi connectivity index (χ2n) is 7.52. The molecule has 3 rings (SSSR count). The molecule has 2 aromatic heterocycles. The number of halogens is 1. The fourth-order valence-corrected chi connectivity index (χ4v) is 3.60. The summed E-state index contributed by atoms with van der Waals surface area (Å²) in [6.07, 6.45) is 12.3. The molecule has 0 saturated heterocycles. The summed E-state index contributed by atoms with van der Waals surface area (Å²) in [5, 5.41) is 8.78. The summed E-state index contributed by atoms with van der Waals surface area (Å²) >= 11 is 0. The number of pyridine rings is 1. The summed E-state index contributed by atoms with van der Waals surface area (Å²) in [5.74, 6) is 0.858. The number of nitrogens with one attached hydrogen (secondary N) is 2. The smallest absolute Gasteiger partial charge is 0.214 e. The minimum Gasteiger partial charge on any atom is -0.481 e. The predicted molar refractivity (Wildman–Crippen MR) is 123 cm³/mol. The zero-order valence-corrected chi connectivity index (χ0v) is 18.4. The van der Waals surface area contributed by atoms with Crippen molar-refractivity contribution in [2.75, 3.05) is 18.6 Å². The second-order valence-corrected chi connectivity index (χ2v) is 7.52. The van der Waals surface area contributed by atoms with Gasteiger partial charge in [0.05, 0.1) is 24.8 Å². The van der Waals surface area contributed by atoms with Crippen LogP contribution in [-0.2, 0) is 6.42 Å². The number of fused-ring (bicyclic) bond motifs is 1. The number of ether oxygens (including phenoxy) is 1. The van der Waals surface area contributed by atoms with Gasteiger partial charge in [-0.3, -0.25) is 0 Å². The Hall–Kier alpha value is -3.22. The van der Waals surface area contributed by atoms with Crippen molar-refractivity contribution in [3.8, 4) is 5.88 Å². The molecule has 31 heavy (non-hydrogen) atoms. The third kappa shape index (κ3) is 5.48. The van der Waals surface area contributed by atoms with Crippen LogP contribution in [0.4, 0.5) is 10.2 Å². The van der Waals surface area contributed by atoms with Gasteiger partial charge in [-0.15, -0.1) is 0 Å². The minimum atomic E-state index is -0.461. The Balaban J connectivity index is 1.87. The predicted octanol–water partition coefficient (Wildman–Crippen LogP) is 5.48. The number of H-pyrrole nitrogens is 1. The van der Waals surface area contributed by atoms with Crippen molar-refractivity contribution in [1.29, 1.82) is 5.41 Å². The maximum atomic E-state index is 14.6. The van der Waals surface area contributed by atoms with Gasteiger partial charge in [0.2, 0.25) is 5.88 Å². The van der Waals surface area contributed by atoms with E-state index < -0.39 is 6.04 Å². The fraction of sp³-hybridized carbons (Fsp3) is 0.375. The van der Waals surface area contributed by atoms with Crippen molar-refractivity contribution < 1.29 is 9.13 Å². The number of aromatic amines is 1. The average Bonchev–Trinajstić information content (AvgIpc) is 3.26. The number of rotatable bonds is 9. The van der Waals surface area contributed by atoms with Crippen molar-refractivity contribution in [2.24, 2.45) is 0 Å². The van der Waals surface area contributed by atoms with E-state index in [0.717, 1.165) is 37.1 Å². The van der Waals surface area contributed by atoms with Gasteiger partial charge in [0, 0.05) is 24.7 Å². The maximum Gasteiger partial charge on any atom is 0.214 e. The van der Waals surface area contributed by atoms with E-state index in [-0.39, 0.29) is 11.5 Å². The summed E-state index contributed by atoms with van der Waals surface area (Å²) in [7, 11) is 1.57. The molecule has 7 heteroatoms. The minimum absolute atomic E-state index is 0.258. The molecule has 6 nitrogen and oxygen atoms in total. The van der Waals surface area contributed by atoms with E-state index in [1.54, 1.807) is 38.6 Å². The summed E-state index contributed by atoms with van der Waals surface area (Å²) in [6, 6.07) is 5.08. The summed E-state index contributed by atoms with van der Waals surface area (Å²) in [4.78, 5) is 14.2. The molecule has 1 atom stereocenters. The number of aromatic nitrogens is 3. The zero-order chi connectivity index (χ0) is 22.2. The third-order valence-corrected chi connectivity index (χ3v) is 5.28. The van der Waals surface area contributed by atoms with Gasteiger partial charge in [-0.2, -0.15) is 4.98 Å². The number of nitrogens with zero attached hydrogens (tertiary/aromatic N) is 3. The van der Waals surface area contributed by atoms with Gasteiger partial charge in [-0.25, -0.2) is 9.37 Å². The van der Waals surface area contributed by atoms with Gasteiger partial charge in [-0.05, 0) is 37.1 Å². The summed E-state index contributed by atoms with van der Waals surface area (Å²) in [5.41, 5.74) is 2.43. The first-order valence-corrected chi connectivity index (χ1v) is 10.6. The Morgan fingerprint density at radius 3 is 3.03 bits per heavy atom. The molecule has 0 saturated carbocycles. The van der Waals surface area contributed by atoms with Crippen molar-refractivity contribution in [3.63, 3.8) is 0 Å². The lowest BCUT2D eigenvalue weighted by Crippen LogP contribution is -2.40. The van der Waals surface area contributed by atoms with Gasteiger partial charge >= 0.3 is 0 Å². The van der Waals surface area contributed by atoms with Gasteiger partial charge in [0.25, 0.3) is 0 Å². The fourth-order valence-electron chi connectivity index (χ4n) is 3.60. The Bertz CT molecular complexity index is 991. The van der Waals surface area contributed by atoms with Crippen LogP contribution < -0.4 is 9.64 Å². The van der Waals surface area contributed by atoms with Crippen LogP contribution in [0.1, 0.15) is 50.5 Å². The number of allylic oxidation sites excluding steroid dienone is 5. The van der Waals surface area contributed by atoms with E-state index in [2.05, 4.69) is 21.9 Å². The quantitative estimate of drug-likeness (QED) is 0.318. The van der Waals surface area contributed by atoms with Crippen LogP contribution in [0.15, 0.2) is 60.2 Å². The van der Waals surface area contributed by atoms with E-state index in [1.807, 2.05) is 23.1 Å². The number of hydrogen-bond donors (Lipinski definition) is 2. The average molecular weight is 424 g/mol. The van der Waals surface area contributed by atoms with Crippen LogP contribution in [0.25, 0.3) is 0 Å². The number of anilines is 1. The number of methoxy groups -OCH3 is 1. The first-order chi connectivity index (χ1) is 15.0. The molecule has 0 amide bonds. The molecular formula is C24H30FN5O. The molecule has 1 aliphatic rings. The molecule has 0 spiro atoms. The molecule has 2 aromatic rings. The van der Waals surface area contributed by atoms with Crippen LogP contribution >= 0.6 is 0 Å². The monoisotopic (exact) mass is 423 g/mol. The number of unbranched alkanes of at least 4 members (excludes halogenated alkanes) is 2. The van der Waals surface area contributed by atoms with Gasteiger partial charge in [0.15, 0.2) is 0 Å². The maximum absolute atomic E-state index is 14.6. The normalized spacial score (nSPS) is 17.2. The van der Waals surface area contributed by atoms with Crippen LogP contribution in [0.3, 0.4) is 0 Å². The van der Waals surface area contributed by atoms with E-state index >= 15 is 0 Å². The lowest BCUT2D eigenvalue weighted by molar-refractivity contribution is 0.397. The first-order valence-electron chi connectivity index (χ1n) is 10.6.